The van der Waals surface area contributed by atoms with Gasteiger partial charge in [0.05, 0.1) is 5.92 Å². The van der Waals surface area contributed by atoms with Gasteiger partial charge in [-0.05, 0) is 36.2 Å². The van der Waals surface area contributed by atoms with E-state index < -0.39 is 30.2 Å². The van der Waals surface area contributed by atoms with Crippen molar-refractivity contribution < 1.29 is 23.5 Å². The summed E-state index contributed by atoms with van der Waals surface area (Å²) in [4.78, 5) is 37.9. The van der Waals surface area contributed by atoms with E-state index in [1.165, 1.54) is 18.2 Å². The van der Waals surface area contributed by atoms with E-state index >= 15 is 0 Å². The fourth-order valence-electron chi connectivity index (χ4n) is 3.02. The second-order valence-electron chi connectivity index (χ2n) is 6.68. The first kappa shape index (κ1) is 20.3. The van der Waals surface area contributed by atoms with Crippen molar-refractivity contribution in [3.63, 3.8) is 0 Å². The van der Waals surface area contributed by atoms with Crippen molar-refractivity contribution in [2.24, 2.45) is 5.92 Å². The maximum Gasteiger partial charge on any atom is 0.276 e. The number of benzene rings is 2. The van der Waals surface area contributed by atoms with Crippen molar-refractivity contribution in [3.8, 4) is 5.75 Å². The van der Waals surface area contributed by atoms with Crippen LogP contribution < -0.4 is 20.5 Å². The van der Waals surface area contributed by atoms with Gasteiger partial charge in [0.1, 0.15) is 0 Å². The Balaban J connectivity index is 1.47. The molecule has 2 aromatic rings. The molecule has 7 nitrogen and oxygen atoms in total. The number of hydrogen-bond donors (Lipinski definition) is 2. The van der Waals surface area contributed by atoms with Crippen LogP contribution in [0.5, 0.6) is 5.75 Å². The zero-order valence-electron chi connectivity index (χ0n) is 16.0. The van der Waals surface area contributed by atoms with Crippen LogP contribution in [0.3, 0.4) is 0 Å². The highest BCUT2D eigenvalue weighted by atomic mass is 19.1. The third kappa shape index (κ3) is 5.10. The Morgan fingerprint density at radius 2 is 1.86 bits per heavy atom. The highest BCUT2D eigenvalue weighted by Crippen LogP contribution is 2.25. The van der Waals surface area contributed by atoms with Crippen LogP contribution in [0.15, 0.2) is 48.5 Å². The molecule has 0 radical (unpaired) electrons. The summed E-state index contributed by atoms with van der Waals surface area (Å²) in [6.07, 6.45) is 0.961. The number of nitrogens with zero attached hydrogens (tertiary/aromatic N) is 1. The van der Waals surface area contributed by atoms with Crippen LogP contribution in [0.1, 0.15) is 18.9 Å². The zero-order valence-corrected chi connectivity index (χ0v) is 16.0. The van der Waals surface area contributed by atoms with E-state index in [9.17, 15) is 18.8 Å². The number of ether oxygens (including phenoxy) is 1. The quantitative estimate of drug-likeness (QED) is 0.727. The van der Waals surface area contributed by atoms with Gasteiger partial charge in [-0.2, -0.15) is 0 Å². The lowest BCUT2D eigenvalue weighted by atomic mass is 10.1. The van der Waals surface area contributed by atoms with E-state index in [4.69, 9.17) is 4.74 Å². The number of amides is 3. The van der Waals surface area contributed by atoms with Gasteiger partial charge in [0.2, 0.25) is 11.8 Å². The molecule has 2 N–H and O–H groups in total. The average Bonchev–Trinajstić information content (AvgIpc) is 3.13. The second-order valence-corrected chi connectivity index (χ2v) is 6.68. The fraction of sp³-hybridized carbons (Fsp3) is 0.286. The molecular weight excluding hydrogens is 377 g/mol. The van der Waals surface area contributed by atoms with Crippen LogP contribution in [0.2, 0.25) is 0 Å². The normalized spacial score (nSPS) is 15.9. The Hall–Kier alpha value is -3.42. The topological polar surface area (TPSA) is 87.7 Å². The molecule has 1 saturated heterocycles. The highest BCUT2D eigenvalue weighted by molar-refractivity contribution is 6.00. The summed E-state index contributed by atoms with van der Waals surface area (Å²) in [5.74, 6) is -2.48. The predicted molar refractivity (Wildman–Crippen MR) is 104 cm³/mol. The summed E-state index contributed by atoms with van der Waals surface area (Å²) in [5.41, 5.74) is 6.42. The molecular formula is C21H22FN3O4. The summed E-state index contributed by atoms with van der Waals surface area (Å²) in [6, 6.07) is 13.3. The van der Waals surface area contributed by atoms with E-state index in [0.29, 0.717) is 0 Å². The summed E-state index contributed by atoms with van der Waals surface area (Å²) >= 11 is 0. The molecule has 0 bridgehead atoms. The van der Waals surface area contributed by atoms with Gasteiger partial charge in [-0.3, -0.25) is 25.2 Å². The summed E-state index contributed by atoms with van der Waals surface area (Å²) in [7, 11) is 0. The number of nitrogens with one attached hydrogen (secondary N) is 2. The lowest BCUT2D eigenvalue weighted by Crippen LogP contribution is -2.46. The SMILES string of the molecule is CCc1ccc(N2C[C@@H](C(=O)NNC(=O)COc3ccccc3F)CC2=O)cc1. The monoisotopic (exact) mass is 399 g/mol. The van der Waals surface area contributed by atoms with Crippen molar-refractivity contribution in [1.29, 1.82) is 0 Å². The predicted octanol–water partition coefficient (Wildman–Crippen LogP) is 1.97. The molecule has 0 unspecified atom stereocenters. The molecule has 0 saturated carbocycles. The van der Waals surface area contributed by atoms with E-state index in [-0.39, 0.29) is 24.6 Å². The van der Waals surface area contributed by atoms with Crippen LogP contribution in [0.25, 0.3) is 0 Å². The summed E-state index contributed by atoms with van der Waals surface area (Å²) in [5, 5.41) is 0. The molecule has 3 amide bonds. The Morgan fingerprint density at radius 3 is 2.55 bits per heavy atom. The molecule has 0 aromatic heterocycles. The lowest BCUT2D eigenvalue weighted by molar-refractivity contribution is -0.132. The molecule has 1 aliphatic heterocycles. The maximum atomic E-state index is 13.5. The highest BCUT2D eigenvalue weighted by Gasteiger charge is 2.35. The number of carbonyl (C=O) groups is 3. The van der Waals surface area contributed by atoms with Gasteiger partial charge in [0.15, 0.2) is 18.2 Å². The number of carbonyl (C=O) groups excluding carboxylic acids is 3. The zero-order chi connectivity index (χ0) is 20.8. The maximum absolute atomic E-state index is 13.5. The number of hydrazine groups is 1. The number of para-hydroxylation sites is 1. The number of anilines is 1. The van der Waals surface area contributed by atoms with E-state index in [2.05, 4.69) is 10.9 Å². The van der Waals surface area contributed by atoms with Gasteiger partial charge < -0.3 is 9.64 Å². The smallest absolute Gasteiger partial charge is 0.276 e. The first-order valence-corrected chi connectivity index (χ1v) is 9.33. The molecule has 8 heteroatoms. The standard InChI is InChI=1S/C21H22FN3O4/c1-2-14-7-9-16(10-8-14)25-12-15(11-20(25)27)21(28)24-23-19(26)13-29-18-6-4-3-5-17(18)22/h3-10,15H,2,11-13H2,1H3,(H,23,26)(H,24,28)/t15-/m0/s1. The molecule has 0 aliphatic carbocycles. The van der Waals surface area contributed by atoms with Crippen LogP contribution in [0, 0.1) is 11.7 Å². The van der Waals surface area contributed by atoms with Crippen LogP contribution in [-0.2, 0) is 20.8 Å². The fourth-order valence-corrected chi connectivity index (χ4v) is 3.02. The third-order valence-corrected chi connectivity index (χ3v) is 4.67. The van der Waals surface area contributed by atoms with Crippen LogP contribution >= 0.6 is 0 Å². The minimum Gasteiger partial charge on any atom is -0.481 e. The van der Waals surface area contributed by atoms with Crippen molar-refractivity contribution >= 4 is 23.4 Å². The Kier molecular flexibility index (Phi) is 6.43. The lowest BCUT2D eigenvalue weighted by Gasteiger charge is -2.17. The molecule has 29 heavy (non-hydrogen) atoms. The molecule has 152 valence electrons. The summed E-state index contributed by atoms with van der Waals surface area (Å²) in [6.45, 7) is 1.82. The number of halogens is 1. The van der Waals surface area contributed by atoms with Gasteiger partial charge in [0, 0.05) is 18.7 Å². The molecule has 1 fully saturated rings. The second kappa shape index (κ2) is 9.18. The van der Waals surface area contributed by atoms with Gasteiger partial charge in [-0.15, -0.1) is 0 Å². The van der Waals surface area contributed by atoms with Gasteiger partial charge in [0.25, 0.3) is 5.91 Å². The van der Waals surface area contributed by atoms with Crippen molar-refractivity contribution in [3.05, 3.63) is 59.9 Å². The number of aryl methyl sites for hydroxylation is 1. The molecule has 3 rings (SSSR count). The van der Waals surface area contributed by atoms with Gasteiger partial charge >= 0.3 is 0 Å². The molecule has 1 heterocycles. The Bertz CT molecular complexity index is 901. The molecule has 0 spiro atoms. The third-order valence-electron chi connectivity index (χ3n) is 4.67. The minimum absolute atomic E-state index is 0.0555. The van der Waals surface area contributed by atoms with Crippen LogP contribution in [-0.4, -0.2) is 30.9 Å². The summed E-state index contributed by atoms with van der Waals surface area (Å²) < 4.78 is 18.5. The van der Waals surface area contributed by atoms with E-state index in [1.54, 1.807) is 11.0 Å². The van der Waals surface area contributed by atoms with E-state index in [0.717, 1.165) is 17.7 Å². The molecule has 2 aromatic carbocycles. The van der Waals surface area contributed by atoms with Crippen LogP contribution in [0.4, 0.5) is 10.1 Å². The minimum atomic E-state index is -0.641. The Labute approximate surface area is 167 Å². The van der Waals surface area contributed by atoms with Gasteiger partial charge in [-0.1, -0.05) is 31.2 Å². The first-order valence-electron chi connectivity index (χ1n) is 9.33. The first-order chi connectivity index (χ1) is 14.0. The number of rotatable bonds is 6. The Morgan fingerprint density at radius 1 is 1.14 bits per heavy atom. The van der Waals surface area contributed by atoms with Gasteiger partial charge in [-0.25, -0.2) is 4.39 Å². The van der Waals surface area contributed by atoms with Crippen molar-refractivity contribution in [2.75, 3.05) is 18.1 Å². The molecule has 1 atom stereocenters. The molecule has 1 aliphatic rings. The number of hydrogen-bond acceptors (Lipinski definition) is 4. The van der Waals surface area contributed by atoms with E-state index in [1.807, 2.05) is 31.2 Å². The average molecular weight is 399 g/mol. The van der Waals surface area contributed by atoms with Crippen molar-refractivity contribution in [1.82, 2.24) is 10.9 Å². The largest absolute Gasteiger partial charge is 0.481 e. The van der Waals surface area contributed by atoms with Crippen molar-refractivity contribution in [2.45, 2.75) is 19.8 Å².